The van der Waals surface area contributed by atoms with Crippen LogP contribution in [0.3, 0.4) is 0 Å². The van der Waals surface area contributed by atoms with Crippen LogP contribution in [0.5, 0.6) is 0 Å². The van der Waals surface area contributed by atoms with E-state index in [0.717, 1.165) is 18.9 Å². The second-order valence-electron chi connectivity index (χ2n) is 8.72. The molecule has 0 radical (unpaired) electrons. The maximum absolute atomic E-state index is 12.7. The van der Waals surface area contributed by atoms with Crippen LogP contribution in [0.4, 0.5) is 11.5 Å². The van der Waals surface area contributed by atoms with E-state index in [4.69, 9.17) is 0 Å². The van der Waals surface area contributed by atoms with Crippen molar-refractivity contribution in [1.29, 1.82) is 0 Å². The SMILES string of the molecule is CC(C)(C)n1nc(C(=O)Nc2ccc(N3CCCCC3)nc2)cc1C1CC1. The van der Waals surface area contributed by atoms with Crippen molar-refractivity contribution in [3.05, 3.63) is 35.8 Å². The van der Waals surface area contributed by atoms with E-state index < -0.39 is 0 Å². The number of carbonyl (C=O) groups is 1. The summed E-state index contributed by atoms with van der Waals surface area (Å²) in [6.45, 7) is 8.49. The number of carbonyl (C=O) groups excluding carboxylic acids is 1. The Labute approximate surface area is 161 Å². The van der Waals surface area contributed by atoms with Gasteiger partial charge >= 0.3 is 0 Å². The molecule has 0 aromatic carbocycles. The molecule has 0 unspecified atom stereocenters. The van der Waals surface area contributed by atoms with Crippen LogP contribution in [0, 0.1) is 0 Å². The van der Waals surface area contributed by atoms with Gasteiger partial charge in [-0.25, -0.2) is 4.98 Å². The first kappa shape index (κ1) is 18.0. The van der Waals surface area contributed by atoms with Gasteiger partial charge in [-0.15, -0.1) is 0 Å². The second-order valence-corrected chi connectivity index (χ2v) is 8.72. The Kier molecular flexibility index (Phi) is 4.66. The molecule has 1 saturated heterocycles. The molecule has 0 spiro atoms. The van der Waals surface area contributed by atoms with Crippen molar-refractivity contribution in [2.75, 3.05) is 23.3 Å². The van der Waals surface area contributed by atoms with Crippen molar-refractivity contribution in [3.63, 3.8) is 0 Å². The molecule has 6 heteroatoms. The summed E-state index contributed by atoms with van der Waals surface area (Å²) in [4.78, 5) is 19.6. The molecule has 144 valence electrons. The maximum atomic E-state index is 12.7. The summed E-state index contributed by atoms with van der Waals surface area (Å²) in [6.07, 6.45) is 7.86. The van der Waals surface area contributed by atoms with E-state index in [1.54, 1.807) is 6.20 Å². The fourth-order valence-corrected chi connectivity index (χ4v) is 3.68. The molecule has 1 aliphatic heterocycles. The van der Waals surface area contributed by atoms with Crippen molar-refractivity contribution in [1.82, 2.24) is 14.8 Å². The minimum absolute atomic E-state index is 0.131. The largest absolute Gasteiger partial charge is 0.357 e. The van der Waals surface area contributed by atoms with Crippen LogP contribution in [0.1, 0.15) is 75.0 Å². The zero-order valence-corrected chi connectivity index (χ0v) is 16.5. The molecule has 1 amide bonds. The maximum Gasteiger partial charge on any atom is 0.276 e. The van der Waals surface area contributed by atoms with Crippen molar-refractivity contribution in [2.24, 2.45) is 0 Å². The molecule has 0 atom stereocenters. The van der Waals surface area contributed by atoms with Gasteiger partial charge in [0.15, 0.2) is 5.69 Å². The predicted octanol–water partition coefficient (Wildman–Crippen LogP) is 4.15. The molecule has 27 heavy (non-hydrogen) atoms. The predicted molar refractivity (Wildman–Crippen MR) is 107 cm³/mol. The molecule has 2 aliphatic rings. The van der Waals surface area contributed by atoms with E-state index in [-0.39, 0.29) is 11.4 Å². The Morgan fingerprint density at radius 2 is 1.89 bits per heavy atom. The monoisotopic (exact) mass is 367 g/mol. The number of hydrogen-bond donors (Lipinski definition) is 1. The number of pyridine rings is 1. The highest BCUT2D eigenvalue weighted by atomic mass is 16.2. The third-order valence-electron chi connectivity index (χ3n) is 5.29. The minimum atomic E-state index is -0.174. The van der Waals surface area contributed by atoms with E-state index in [1.807, 2.05) is 22.9 Å². The molecule has 4 rings (SSSR count). The van der Waals surface area contributed by atoms with Crippen molar-refractivity contribution in [3.8, 4) is 0 Å². The van der Waals surface area contributed by atoms with Crippen molar-refractivity contribution >= 4 is 17.4 Å². The van der Waals surface area contributed by atoms with Crippen LogP contribution >= 0.6 is 0 Å². The Balaban J connectivity index is 1.47. The Bertz CT molecular complexity index is 808. The van der Waals surface area contributed by atoms with E-state index >= 15 is 0 Å². The number of rotatable bonds is 4. The number of aromatic nitrogens is 3. The van der Waals surface area contributed by atoms with Gasteiger partial charge in [-0.2, -0.15) is 5.10 Å². The van der Waals surface area contributed by atoms with Crippen LogP contribution in [0.15, 0.2) is 24.4 Å². The summed E-state index contributed by atoms with van der Waals surface area (Å²) in [6, 6.07) is 5.87. The molecule has 2 aromatic rings. The second kappa shape index (κ2) is 6.98. The van der Waals surface area contributed by atoms with Gasteiger partial charge in [-0.05, 0) is 71.1 Å². The number of anilines is 2. The fourth-order valence-electron chi connectivity index (χ4n) is 3.68. The van der Waals surface area contributed by atoms with Crippen LogP contribution < -0.4 is 10.2 Å². The smallest absolute Gasteiger partial charge is 0.276 e. The standard InChI is InChI=1S/C21H29N5O/c1-21(2,3)26-18(15-7-8-15)13-17(24-26)20(27)23-16-9-10-19(22-14-16)25-11-5-4-6-12-25/h9-10,13-15H,4-8,11-12H2,1-3H3,(H,23,27). The summed E-state index contributed by atoms with van der Waals surface area (Å²) in [7, 11) is 0. The van der Waals surface area contributed by atoms with E-state index in [1.165, 1.54) is 37.8 Å². The first-order valence-corrected chi connectivity index (χ1v) is 10.0. The molecule has 1 N–H and O–H groups in total. The number of nitrogens with one attached hydrogen (secondary N) is 1. The summed E-state index contributed by atoms with van der Waals surface area (Å²) >= 11 is 0. The Morgan fingerprint density at radius 1 is 1.15 bits per heavy atom. The van der Waals surface area contributed by atoms with Gasteiger partial charge in [0.25, 0.3) is 5.91 Å². The Hall–Kier alpha value is -2.37. The molecule has 2 fully saturated rings. The van der Waals surface area contributed by atoms with Gasteiger partial charge < -0.3 is 10.2 Å². The average Bonchev–Trinajstić information content (AvgIpc) is 3.39. The first-order chi connectivity index (χ1) is 12.9. The van der Waals surface area contributed by atoms with Crippen LogP contribution in [0.25, 0.3) is 0 Å². The fraction of sp³-hybridized carbons (Fsp3) is 0.571. The summed E-state index contributed by atoms with van der Waals surface area (Å²) < 4.78 is 2.01. The van der Waals surface area contributed by atoms with E-state index in [2.05, 4.69) is 41.1 Å². The minimum Gasteiger partial charge on any atom is -0.357 e. The molecule has 0 bridgehead atoms. The van der Waals surface area contributed by atoms with Crippen molar-refractivity contribution < 1.29 is 4.79 Å². The average molecular weight is 367 g/mol. The lowest BCUT2D eigenvalue weighted by Crippen LogP contribution is -2.30. The molecular formula is C21H29N5O. The lowest BCUT2D eigenvalue weighted by atomic mass is 10.1. The Morgan fingerprint density at radius 3 is 2.48 bits per heavy atom. The van der Waals surface area contributed by atoms with Crippen LogP contribution in [-0.2, 0) is 5.54 Å². The van der Waals surface area contributed by atoms with Gasteiger partial charge in [0, 0.05) is 24.7 Å². The third-order valence-corrected chi connectivity index (χ3v) is 5.29. The molecule has 2 aromatic heterocycles. The van der Waals surface area contributed by atoms with Crippen LogP contribution in [-0.4, -0.2) is 33.8 Å². The topological polar surface area (TPSA) is 63.1 Å². The molecular weight excluding hydrogens is 338 g/mol. The van der Waals surface area contributed by atoms with Gasteiger partial charge in [0.2, 0.25) is 0 Å². The first-order valence-electron chi connectivity index (χ1n) is 10.0. The highest BCUT2D eigenvalue weighted by Gasteiger charge is 2.32. The number of nitrogens with zero attached hydrogens (tertiary/aromatic N) is 4. The number of amides is 1. The highest BCUT2D eigenvalue weighted by molar-refractivity contribution is 6.02. The number of hydrogen-bond acceptors (Lipinski definition) is 4. The summed E-state index contributed by atoms with van der Waals surface area (Å²) in [5.41, 5.74) is 2.23. The van der Waals surface area contributed by atoms with Crippen molar-refractivity contribution in [2.45, 2.75) is 64.3 Å². The zero-order chi connectivity index (χ0) is 19.0. The lowest BCUT2D eigenvalue weighted by Gasteiger charge is -2.27. The third kappa shape index (κ3) is 3.99. The molecule has 3 heterocycles. The van der Waals surface area contributed by atoms with Crippen LogP contribution in [0.2, 0.25) is 0 Å². The van der Waals surface area contributed by atoms with Gasteiger partial charge in [-0.3, -0.25) is 9.48 Å². The number of piperidine rings is 1. The lowest BCUT2D eigenvalue weighted by molar-refractivity contribution is 0.102. The van der Waals surface area contributed by atoms with Gasteiger partial charge in [0.1, 0.15) is 5.82 Å². The molecule has 6 nitrogen and oxygen atoms in total. The van der Waals surface area contributed by atoms with Gasteiger partial charge in [0.05, 0.1) is 17.4 Å². The zero-order valence-electron chi connectivity index (χ0n) is 16.5. The van der Waals surface area contributed by atoms with E-state index in [9.17, 15) is 4.79 Å². The van der Waals surface area contributed by atoms with Gasteiger partial charge in [-0.1, -0.05) is 0 Å². The molecule has 1 saturated carbocycles. The summed E-state index contributed by atoms with van der Waals surface area (Å²) in [5.74, 6) is 1.36. The van der Waals surface area contributed by atoms with E-state index in [0.29, 0.717) is 17.3 Å². The highest BCUT2D eigenvalue weighted by Crippen LogP contribution is 2.41. The summed E-state index contributed by atoms with van der Waals surface area (Å²) in [5, 5.41) is 7.55. The quantitative estimate of drug-likeness (QED) is 0.882. The molecule has 1 aliphatic carbocycles. The normalized spacial score (nSPS) is 17.8.